The van der Waals surface area contributed by atoms with Gasteiger partial charge in [0.05, 0.1) is 7.11 Å². The smallest absolute Gasteiger partial charge is 0.123 e. The number of nitrogens with one attached hydrogen (secondary N) is 1. The predicted molar refractivity (Wildman–Crippen MR) is 74.9 cm³/mol. The Balaban J connectivity index is 1.86. The minimum atomic E-state index is -0.204. The summed E-state index contributed by atoms with van der Waals surface area (Å²) in [5, 5.41) is 3.38. The fraction of sp³-hybridized carbons (Fsp3) is 0.600. The first kappa shape index (κ1) is 14.3. The summed E-state index contributed by atoms with van der Waals surface area (Å²) in [7, 11) is 3.70. The van der Waals surface area contributed by atoms with Gasteiger partial charge in [-0.05, 0) is 63.6 Å². The molecule has 1 aliphatic heterocycles. The van der Waals surface area contributed by atoms with E-state index in [0.29, 0.717) is 0 Å². The zero-order valence-corrected chi connectivity index (χ0v) is 11.8. The molecule has 1 atom stereocenters. The molecule has 0 aromatic heterocycles. The molecule has 0 radical (unpaired) electrons. The number of hydrogen-bond donors (Lipinski definition) is 1. The third kappa shape index (κ3) is 4.18. The number of ether oxygens (including phenoxy) is 1. The number of hydrogen-bond acceptors (Lipinski definition) is 3. The molecule has 1 aromatic carbocycles. The Bertz CT molecular complexity index is 405. The summed E-state index contributed by atoms with van der Waals surface area (Å²) in [6, 6.07) is 4.69. The van der Waals surface area contributed by atoms with E-state index in [4.69, 9.17) is 4.74 Å². The second-order valence-corrected chi connectivity index (χ2v) is 5.34. The van der Waals surface area contributed by atoms with Gasteiger partial charge < -0.3 is 15.0 Å². The van der Waals surface area contributed by atoms with Crippen molar-refractivity contribution in [2.75, 3.05) is 33.8 Å². The number of nitrogens with zero attached hydrogens (tertiary/aromatic N) is 1. The first-order chi connectivity index (χ1) is 9.19. The van der Waals surface area contributed by atoms with Crippen molar-refractivity contribution in [2.45, 2.75) is 19.4 Å². The van der Waals surface area contributed by atoms with E-state index < -0.39 is 0 Å². The van der Waals surface area contributed by atoms with Crippen LogP contribution in [0.15, 0.2) is 18.2 Å². The molecule has 0 bridgehead atoms. The van der Waals surface area contributed by atoms with Crippen LogP contribution in [0.1, 0.15) is 18.4 Å². The molecule has 1 heterocycles. The average Bonchev–Trinajstić information content (AvgIpc) is 2.90. The molecule has 1 unspecified atom stereocenters. The Labute approximate surface area is 114 Å². The Morgan fingerprint density at radius 1 is 1.47 bits per heavy atom. The third-order valence-corrected chi connectivity index (χ3v) is 3.76. The van der Waals surface area contributed by atoms with Crippen molar-refractivity contribution < 1.29 is 9.13 Å². The van der Waals surface area contributed by atoms with Crippen molar-refractivity contribution in [3.8, 4) is 5.75 Å². The van der Waals surface area contributed by atoms with Gasteiger partial charge in [-0.1, -0.05) is 0 Å². The largest absolute Gasteiger partial charge is 0.496 e. The predicted octanol–water partition coefficient (Wildman–Crippen LogP) is 2.27. The Morgan fingerprint density at radius 3 is 3.00 bits per heavy atom. The van der Waals surface area contributed by atoms with Crippen LogP contribution < -0.4 is 10.1 Å². The molecule has 0 aliphatic carbocycles. The summed E-state index contributed by atoms with van der Waals surface area (Å²) in [5.41, 5.74) is 0.912. The fourth-order valence-electron chi connectivity index (χ4n) is 2.60. The molecular weight excluding hydrogens is 243 g/mol. The molecule has 1 aliphatic rings. The molecule has 19 heavy (non-hydrogen) atoms. The van der Waals surface area contributed by atoms with E-state index in [9.17, 15) is 4.39 Å². The highest BCUT2D eigenvalue weighted by Gasteiger charge is 2.15. The number of methoxy groups -OCH3 is 1. The van der Waals surface area contributed by atoms with Gasteiger partial charge in [0.1, 0.15) is 11.6 Å². The van der Waals surface area contributed by atoms with E-state index in [0.717, 1.165) is 43.4 Å². The molecule has 0 saturated carbocycles. The average molecular weight is 266 g/mol. The molecule has 3 nitrogen and oxygen atoms in total. The van der Waals surface area contributed by atoms with Crippen molar-refractivity contribution in [2.24, 2.45) is 5.92 Å². The van der Waals surface area contributed by atoms with Crippen LogP contribution in [0, 0.1) is 11.7 Å². The van der Waals surface area contributed by atoms with Gasteiger partial charge in [0.15, 0.2) is 0 Å². The van der Waals surface area contributed by atoms with Crippen LogP contribution in [0.25, 0.3) is 0 Å². The van der Waals surface area contributed by atoms with Crippen molar-refractivity contribution in [1.82, 2.24) is 10.2 Å². The molecule has 0 amide bonds. The topological polar surface area (TPSA) is 24.5 Å². The molecule has 1 aromatic rings. The Hall–Kier alpha value is -1.13. The van der Waals surface area contributed by atoms with E-state index in [1.54, 1.807) is 19.2 Å². The molecular formula is C15H23FN2O. The molecule has 4 heteroatoms. The standard InChI is InChI=1S/C15H23FN2O/c1-18(8-6-12-5-7-17-10-12)11-13-9-14(16)3-4-15(13)19-2/h3-4,9,12,17H,5-8,10-11H2,1-2H3. The fourth-order valence-corrected chi connectivity index (χ4v) is 2.60. The number of rotatable bonds is 6. The summed E-state index contributed by atoms with van der Waals surface area (Å²) in [4.78, 5) is 2.23. The van der Waals surface area contributed by atoms with E-state index >= 15 is 0 Å². The summed E-state index contributed by atoms with van der Waals surface area (Å²) in [5.74, 6) is 1.34. The molecule has 0 spiro atoms. The maximum Gasteiger partial charge on any atom is 0.123 e. The van der Waals surface area contributed by atoms with Gasteiger partial charge in [0, 0.05) is 12.1 Å². The minimum absolute atomic E-state index is 0.204. The molecule has 2 rings (SSSR count). The van der Waals surface area contributed by atoms with Crippen LogP contribution >= 0.6 is 0 Å². The van der Waals surface area contributed by atoms with Crippen LogP contribution in [0.4, 0.5) is 4.39 Å². The van der Waals surface area contributed by atoms with E-state index in [1.165, 1.54) is 18.9 Å². The molecule has 1 saturated heterocycles. The highest BCUT2D eigenvalue weighted by molar-refractivity contribution is 5.33. The van der Waals surface area contributed by atoms with Gasteiger partial charge in [-0.15, -0.1) is 0 Å². The van der Waals surface area contributed by atoms with Crippen LogP contribution in [0.5, 0.6) is 5.75 Å². The lowest BCUT2D eigenvalue weighted by Crippen LogP contribution is -2.22. The van der Waals surface area contributed by atoms with Gasteiger partial charge in [-0.2, -0.15) is 0 Å². The van der Waals surface area contributed by atoms with Crippen molar-refractivity contribution in [1.29, 1.82) is 0 Å². The van der Waals surface area contributed by atoms with Crippen LogP contribution in [-0.4, -0.2) is 38.7 Å². The maximum absolute atomic E-state index is 13.3. The Kier molecular flexibility index (Phi) is 5.16. The summed E-state index contributed by atoms with van der Waals surface area (Å²) in [6.45, 7) is 4.04. The van der Waals surface area contributed by atoms with Gasteiger partial charge in [0.2, 0.25) is 0 Å². The minimum Gasteiger partial charge on any atom is -0.496 e. The summed E-state index contributed by atoms with van der Waals surface area (Å²) in [6.07, 6.45) is 2.47. The lowest BCUT2D eigenvalue weighted by molar-refractivity contribution is 0.291. The highest BCUT2D eigenvalue weighted by atomic mass is 19.1. The van der Waals surface area contributed by atoms with Crippen LogP contribution in [0.3, 0.4) is 0 Å². The normalized spacial score (nSPS) is 19.1. The van der Waals surface area contributed by atoms with Gasteiger partial charge in [-0.3, -0.25) is 0 Å². The second kappa shape index (κ2) is 6.87. The quantitative estimate of drug-likeness (QED) is 0.855. The monoisotopic (exact) mass is 266 g/mol. The van der Waals surface area contributed by atoms with E-state index in [2.05, 4.69) is 17.3 Å². The lowest BCUT2D eigenvalue weighted by Gasteiger charge is -2.20. The zero-order valence-electron chi connectivity index (χ0n) is 11.8. The first-order valence-electron chi connectivity index (χ1n) is 6.90. The van der Waals surface area contributed by atoms with E-state index in [-0.39, 0.29) is 5.82 Å². The molecule has 1 N–H and O–H groups in total. The summed E-state index contributed by atoms with van der Waals surface area (Å²) >= 11 is 0. The number of benzene rings is 1. The molecule has 1 fully saturated rings. The van der Waals surface area contributed by atoms with Crippen LogP contribution in [-0.2, 0) is 6.54 Å². The zero-order chi connectivity index (χ0) is 13.7. The number of halogens is 1. The van der Waals surface area contributed by atoms with Crippen molar-refractivity contribution in [3.05, 3.63) is 29.6 Å². The lowest BCUT2D eigenvalue weighted by atomic mass is 10.0. The maximum atomic E-state index is 13.3. The molecule has 106 valence electrons. The van der Waals surface area contributed by atoms with Gasteiger partial charge >= 0.3 is 0 Å². The van der Waals surface area contributed by atoms with Crippen molar-refractivity contribution in [3.63, 3.8) is 0 Å². The third-order valence-electron chi connectivity index (χ3n) is 3.76. The van der Waals surface area contributed by atoms with Gasteiger partial charge in [-0.25, -0.2) is 4.39 Å². The van der Waals surface area contributed by atoms with E-state index in [1.807, 2.05) is 0 Å². The SMILES string of the molecule is COc1ccc(F)cc1CN(C)CCC1CCNC1. The second-order valence-electron chi connectivity index (χ2n) is 5.34. The summed E-state index contributed by atoms with van der Waals surface area (Å²) < 4.78 is 18.6. The van der Waals surface area contributed by atoms with Gasteiger partial charge in [0.25, 0.3) is 0 Å². The first-order valence-corrected chi connectivity index (χ1v) is 6.90. The highest BCUT2D eigenvalue weighted by Crippen LogP contribution is 2.21. The van der Waals surface area contributed by atoms with Crippen LogP contribution in [0.2, 0.25) is 0 Å². The Morgan fingerprint density at radius 2 is 2.32 bits per heavy atom. The van der Waals surface area contributed by atoms with Crippen molar-refractivity contribution >= 4 is 0 Å².